The SMILES string of the molecule is CNC(CCC(F)(F)F)C1=CCCCO1. The van der Waals surface area contributed by atoms with E-state index in [-0.39, 0.29) is 12.5 Å². The summed E-state index contributed by atoms with van der Waals surface area (Å²) in [6, 6.07) is -0.313. The molecular weight excluding hydrogens is 207 g/mol. The van der Waals surface area contributed by atoms with Gasteiger partial charge in [-0.3, -0.25) is 0 Å². The summed E-state index contributed by atoms with van der Waals surface area (Å²) in [5.41, 5.74) is 0. The van der Waals surface area contributed by atoms with Gasteiger partial charge >= 0.3 is 6.18 Å². The summed E-state index contributed by atoms with van der Waals surface area (Å²) >= 11 is 0. The van der Waals surface area contributed by atoms with Gasteiger partial charge in [0.25, 0.3) is 0 Å². The van der Waals surface area contributed by atoms with E-state index < -0.39 is 12.6 Å². The molecule has 88 valence electrons. The molecule has 0 aromatic carbocycles. The molecule has 1 heterocycles. The van der Waals surface area contributed by atoms with Crippen LogP contribution >= 0.6 is 0 Å². The van der Waals surface area contributed by atoms with Crippen LogP contribution in [0.4, 0.5) is 13.2 Å². The van der Waals surface area contributed by atoms with Gasteiger partial charge in [-0.2, -0.15) is 13.2 Å². The normalized spacial score (nSPS) is 19.3. The molecule has 15 heavy (non-hydrogen) atoms. The van der Waals surface area contributed by atoms with Crippen molar-refractivity contribution in [2.24, 2.45) is 0 Å². The van der Waals surface area contributed by atoms with Crippen molar-refractivity contribution in [3.63, 3.8) is 0 Å². The Balaban J connectivity index is 2.44. The van der Waals surface area contributed by atoms with Crippen molar-refractivity contribution in [1.82, 2.24) is 5.32 Å². The molecule has 0 aliphatic carbocycles. The molecule has 0 fully saturated rings. The third-order valence-electron chi connectivity index (χ3n) is 2.37. The molecular formula is C10H16F3NO. The van der Waals surface area contributed by atoms with Crippen LogP contribution in [0.3, 0.4) is 0 Å². The quantitative estimate of drug-likeness (QED) is 0.791. The minimum Gasteiger partial charge on any atom is -0.497 e. The highest BCUT2D eigenvalue weighted by atomic mass is 19.4. The molecule has 0 radical (unpaired) electrons. The molecule has 0 spiro atoms. The third kappa shape index (κ3) is 4.55. The van der Waals surface area contributed by atoms with E-state index in [1.54, 1.807) is 7.05 Å². The van der Waals surface area contributed by atoms with Crippen LogP contribution in [0.5, 0.6) is 0 Å². The zero-order valence-electron chi connectivity index (χ0n) is 8.73. The van der Waals surface area contributed by atoms with Crippen LogP contribution in [0.25, 0.3) is 0 Å². The highest BCUT2D eigenvalue weighted by Crippen LogP contribution is 2.25. The molecule has 0 amide bonds. The minimum absolute atomic E-state index is 0.0336. The van der Waals surface area contributed by atoms with Crippen molar-refractivity contribution < 1.29 is 17.9 Å². The van der Waals surface area contributed by atoms with Crippen LogP contribution in [-0.4, -0.2) is 25.9 Å². The summed E-state index contributed by atoms with van der Waals surface area (Å²) in [6.07, 6.45) is -1.13. The lowest BCUT2D eigenvalue weighted by molar-refractivity contribution is -0.136. The average molecular weight is 223 g/mol. The topological polar surface area (TPSA) is 21.3 Å². The van der Waals surface area contributed by atoms with Gasteiger partial charge in [0.15, 0.2) is 0 Å². The van der Waals surface area contributed by atoms with Gasteiger partial charge in [0.2, 0.25) is 0 Å². The number of alkyl halides is 3. The van der Waals surface area contributed by atoms with Crippen LogP contribution in [0.15, 0.2) is 11.8 Å². The first-order chi connectivity index (χ1) is 7.03. The number of rotatable bonds is 4. The lowest BCUT2D eigenvalue weighted by Crippen LogP contribution is -2.31. The molecule has 0 bridgehead atoms. The van der Waals surface area contributed by atoms with Crippen LogP contribution in [0, 0.1) is 0 Å². The van der Waals surface area contributed by atoms with Crippen molar-refractivity contribution in [3.05, 3.63) is 11.8 Å². The second-order valence-electron chi connectivity index (χ2n) is 3.59. The molecule has 0 aromatic heterocycles. The third-order valence-corrected chi connectivity index (χ3v) is 2.37. The van der Waals surface area contributed by atoms with Crippen LogP contribution in [0.1, 0.15) is 25.7 Å². The zero-order chi connectivity index (χ0) is 11.3. The molecule has 0 aromatic rings. The van der Waals surface area contributed by atoms with Crippen LogP contribution < -0.4 is 5.32 Å². The summed E-state index contributed by atoms with van der Waals surface area (Å²) in [5.74, 6) is 0.660. The molecule has 1 atom stereocenters. The Morgan fingerprint density at radius 1 is 1.53 bits per heavy atom. The smallest absolute Gasteiger partial charge is 0.389 e. The number of hydrogen-bond donors (Lipinski definition) is 1. The number of hydrogen-bond acceptors (Lipinski definition) is 2. The van der Waals surface area contributed by atoms with E-state index >= 15 is 0 Å². The number of likely N-dealkylation sites (N-methyl/N-ethyl adjacent to an activating group) is 1. The number of ether oxygens (including phenoxy) is 1. The monoisotopic (exact) mass is 223 g/mol. The van der Waals surface area contributed by atoms with Crippen molar-refractivity contribution in [2.75, 3.05) is 13.7 Å². The van der Waals surface area contributed by atoms with Crippen LogP contribution in [0.2, 0.25) is 0 Å². The van der Waals surface area contributed by atoms with Gasteiger partial charge in [0.05, 0.1) is 12.6 Å². The molecule has 1 N–H and O–H groups in total. The second kappa shape index (κ2) is 5.39. The summed E-state index contributed by atoms with van der Waals surface area (Å²) in [6.45, 7) is 0.607. The van der Waals surface area contributed by atoms with E-state index in [1.807, 2.05) is 6.08 Å². The maximum atomic E-state index is 12.0. The van der Waals surface area contributed by atoms with Gasteiger partial charge in [0.1, 0.15) is 5.76 Å². The summed E-state index contributed by atoms with van der Waals surface area (Å²) in [4.78, 5) is 0. The first kappa shape index (κ1) is 12.4. The fraction of sp³-hybridized carbons (Fsp3) is 0.800. The molecule has 2 nitrogen and oxygen atoms in total. The standard InChI is InChI=1S/C10H16F3NO/c1-14-8(5-6-10(11,12)13)9-4-2-3-7-15-9/h4,8,14H,2-3,5-7H2,1H3. The Kier molecular flexibility index (Phi) is 4.45. The van der Waals surface area contributed by atoms with Crippen molar-refractivity contribution in [1.29, 1.82) is 0 Å². The second-order valence-corrected chi connectivity index (χ2v) is 3.59. The molecule has 1 aliphatic rings. The molecule has 1 unspecified atom stereocenters. The summed E-state index contributed by atoms with van der Waals surface area (Å²) in [7, 11) is 1.65. The van der Waals surface area contributed by atoms with E-state index in [1.165, 1.54) is 0 Å². The van der Waals surface area contributed by atoms with Gasteiger partial charge in [-0.25, -0.2) is 0 Å². The summed E-state index contributed by atoms with van der Waals surface area (Å²) in [5, 5.41) is 2.85. The largest absolute Gasteiger partial charge is 0.497 e. The zero-order valence-corrected chi connectivity index (χ0v) is 8.73. The van der Waals surface area contributed by atoms with Crippen molar-refractivity contribution in [3.8, 4) is 0 Å². The van der Waals surface area contributed by atoms with Gasteiger partial charge < -0.3 is 10.1 Å². The minimum atomic E-state index is -4.09. The van der Waals surface area contributed by atoms with E-state index in [4.69, 9.17) is 4.74 Å². The van der Waals surface area contributed by atoms with Gasteiger partial charge in [-0.05, 0) is 32.4 Å². The Hall–Kier alpha value is -0.710. The first-order valence-corrected chi connectivity index (χ1v) is 5.10. The maximum Gasteiger partial charge on any atom is 0.389 e. The Morgan fingerprint density at radius 3 is 2.73 bits per heavy atom. The maximum absolute atomic E-state index is 12.0. The fourth-order valence-corrected chi connectivity index (χ4v) is 1.56. The predicted molar refractivity (Wildman–Crippen MR) is 51.4 cm³/mol. The fourth-order valence-electron chi connectivity index (χ4n) is 1.56. The Labute approximate surface area is 87.5 Å². The Bertz CT molecular complexity index is 225. The summed E-state index contributed by atoms with van der Waals surface area (Å²) < 4.78 is 41.4. The van der Waals surface area contributed by atoms with Crippen molar-refractivity contribution in [2.45, 2.75) is 37.9 Å². The first-order valence-electron chi connectivity index (χ1n) is 5.10. The average Bonchev–Trinajstić information content (AvgIpc) is 2.19. The predicted octanol–water partition coefficient (Wildman–Crippen LogP) is 2.61. The Morgan fingerprint density at radius 2 is 2.27 bits per heavy atom. The van der Waals surface area contributed by atoms with Crippen LogP contribution in [-0.2, 0) is 4.74 Å². The molecule has 0 saturated carbocycles. The van der Waals surface area contributed by atoms with E-state index in [2.05, 4.69) is 5.32 Å². The molecule has 1 aliphatic heterocycles. The van der Waals surface area contributed by atoms with E-state index in [0.29, 0.717) is 12.4 Å². The lowest BCUT2D eigenvalue weighted by Gasteiger charge is -2.23. The molecule has 1 rings (SSSR count). The van der Waals surface area contributed by atoms with Gasteiger partial charge in [0, 0.05) is 6.42 Å². The number of halogens is 3. The molecule has 5 heteroatoms. The van der Waals surface area contributed by atoms with Gasteiger partial charge in [-0.1, -0.05) is 0 Å². The van der Waals surface area contributed by atoms with Crippen molar-refractivity contribution >= 4 is 0 Å². The number of allylic oxidation sites excluding steroid dienone is 1. The van der Waals surface area contributed by atoms with E-state index in [9.17, 15) is 13.2 Å². The highest BCUT2D eigenvalue weighted by molar-refractivity contribution is 5.05. The number of nitrogens with one attached hydrogen (secondary N) is 1. The highest BCUT2D eigenvalue weighted by Gasteiger charge is 2.29. The van der Waals surface area contributed by atoms with E-state index in [0.717, 1.165) is 12.8 Å². The molecule has 0 saturated heterocycles. The lowest BCUT2D eigenvalue weighted by atomic mass is 10.1. The van der Waals surface area contributed by atoms with Gasteiger partial charge in [-0.15, -0.1) is 0 Å².